The molecule has 0 saturated carbocycles. The van der Waals surface area contributed by atoms with E-state index in [4.69, 9.17) is 16.1 Å². The molecule has 0 amide bonds. The van der Waals surface area contributed by atoms with Crippen LogP contribution in [-0.4, -0.2) is 23.2 Å². The van der Waals surface area contributed by atoms with Gasteiger partial charge in [0, 0.05) is 16.6 Å². The molecule has 1 aliphatic rings. The maximum Gasteiger partial charge on any atom is 0.231 e. The molecule has 3 rings (SSSR count). The molecule has 1 atom stereocenters. The van der Waals surface area contributed by atoms with Crippen LogP contribution in [0.15, 0.2) is 27.2 Å². The van der Waals surface area contributed by atoms with Gasteiger partial charge in [-0.15, -0.1) is 0 Å². The van der Waals surface area contributed by atoms with Gasteiger partial charge < -0.3 is 9.84 Å². The minimum atomic E-state index is 0.335. The summed E-state index contributed by atoms with van der Waals surface area (Å²) in [5.74, 6) is 1.65. The summed E-state index contributed by atoms with van der Waals surface area (Å²) in [5.41, 5.74) is 0.896. The molecule has 0 bridgehead atoms. The van der Waals surface area contributed by atoms with Crippen molar-refractivity contribution in [3.63, 3.8) is 0 Å². The van der Waals surface area contributed by atoms with Crippen LogP contribution < -0.4 is 5.32 Å². The lowest BCUT2D eigenvalue weighted by Gasteiger charge is -1.99. The van der Waals surface area contributed by atoms with E-state index in [1.807, 2.05) is 18.2 Å². The Hall–Kier alpha value is -0.910. The van der Waals surface area contributed by atoms with E-state index in [1.165, 1.54) is 0 Å². The van der Waals surface area contributed by atoms with Crippen LogP contribution in [0, 0.1) is 0 Å². The van der Waals surface area contributed by atoms with Crippen LogP contribution in [0.25, 0.3) is 11.4 Å². The van der Waals surface area contributed by atoms with Crippen LogP contribution in [0.1, 0.15) is 18.2 Å². The summed E-state index contributed by atoms with van der Waals surface area (Å²) in [6, 6.07) is 5.59. The molecule has 1 unspecified atom stereocenters. The lowest BCUT2D eigenvalue weighted by atomic mass is 10.1. The maximum atomic E-state index is 5.96. The van der Waals surface area contributed by atoms with Crippen LogP contribution in [0.2, 0.25) is 5.02 Å². The predicted molar refractivity (Wildman–Crippen MR) is 72.7 cm³/mol. The summed E-state index contributed by atoms with van der Waals surface area (Å²) >= 11 is 9.35. The minimum absolute atomic E-state index is 0.335. The summed E-state index contributed by atoms with van der Waals surface area (Å²) in [6.45, 7) is 1.92. The highest BCUT2D eigenvalue weighted by Crippen LogP contribution is 2.29. The number of nitrogens with one attached hydrogen (secondary N) is 1. The second-order valence-electron chi connectivity index (χ2n) is 4.27. The fourth-order valence-electron chi connectivity index (χ4n) is 2.02. The summed E-state index contributed by atoms with van der Waals surface area (Å²) in [7, 11) is 0. The first-order chi connectivity index (χ1) is 8.74. The fourth-order valence-corrected chi connectivity index (χ4v) is 2.52. The number of benzene rings is 1. The van der Waals surface area contributed by atoms with Gasteiger partial charge in [0.25, 0.3) is 0 Å². The number of hydrogen-bond acceptors (Lipinski definition) is 4. The van der Waals surface area contributed by atoms with Crippen molar-refractivity contribution in [2.24, 2.45) is 0 Å². The van der Waals surface area contributed by atoms with Crippen LogP contribution in [0.4, 0.5) is 0 Å². The van der Waals surface area contributed by atoms with Gasteiger partial charge in [-0.3, -0.25) is 0 Å². The third-order valence-electron chi connectivity index (χ3n) is 3.03. The Kier molecular flexibility index (Phi) is 3.37. The van der Waals surface area contributed by atoms with Gasteiger partial charge in [-0.05, 0) is 47.1 Å². The number of rotatable bonds is 2. The Labute approximate surface area is 118 Å². The molecule has 0 aliphatic carbocycles. The molecule has 1 fully saturated rings. The molecule has 94 valence electrons. The molecule has 1 N–H and O–H groups in total. The van der Waals surface area contributed by atoms with Gasteiger partial charge in [-0.25, -0.2) is 0 Å². The second kappa shape index (κ2) is 4.99. The van der Waals surface area contributed by atoms with E-state index in [9.17, 15) is 0 Å². The Morgan fingerprint density at radius 1 is 1.44 bits per heavy atom. The second-order valence-corrected chi connectivity index (χ2v) is 5.54. The Morgan fingerprint density at radius 3 is 3.06 bits per heavy atom. The van der Waals surface area contributed by atoms with Crippen molar-refractivity contribution in [3.05, 3.63) is 33.6 Å². The van der Waals surface area contributed by atoms with E-state index < -0.39 is 0 Å². The summed E-state index contributed by atoms with van der Waals surface area (Å²) in [4.78, 5) is 4.45. The highest BCUT2D eigenvalue weighted by molar-refractivity contribution is 9.10. The maximum absolute atomic E-state index is 5.96. The largest absolute Gasteiger partial charge is 0.339 e. The third kappa shape index (κ3) is 2.30. The minimum Gasteiger partial charge on any atom is -0.339 e. The predicted octanol–water partition coefficient (Wildman–Crippen LogP) is 3.23. The molecule has 4 nitrogen and oxygen atoms in total. The highest BCUT2D eigenvalue weighted by Gasteiger charge is 2.23. The monoisotopic (exact) mass is 327 g/mol. The van der Waals surface area contributed by atoms with Gasteiger partial charge in [-0.1, -0.05) is 16.8 Å². The van der Waals surface area contributed by atoms with Crippen molar-refractivity contribution in [2.75, 3.05) is 13.1 Å². The molecule has 0 spiro atoms. The first-order valence-electron chi connectivity index (χ1n) is 5.74. The van der Waals surface area contributed by atoms with Crippen molar-refractivity contribution in [1.29, 1.82) is 0 Å². The Bertz CT molecular complexity index is 566. The molecule has 18 heavy (non-hydrogen) atoms. The van der Waals surface area contributed by atoms with E-state index >= 15 is 0 Å². The van der Waals surface area contributed by atoms with Crippen molar-refractivity contribution >= 4 is 27.5 Å². The first-order valence-corrected chi connectivity index (χ1v) is 6.91. The Balaban J connectivity index is 1.89. The molecule has 1 aromatic heterocycles. The standard InChI is InChI=1S/C12H11BrClN3O/c13-9-5-7(1-2-10(9)14)11-16-12(18-17-11)8-3-4-15-6-8/h1-2,5,8,15H,3-4,6H2. The number of halogens is 2. The van der Waals surface area contributed by atoms with Gasteiger partial charge in [0.15, 0.2) is 0 Å². The smallest absolute Gasteiger partial charge is 0.231 e. The molecule has 1 saturated heterocycles. The summed E-state index contributed by atoms with van der Waals surface area (Å²) < 4.78 is 6.15. The number of nitrogens with zero attached hydrogens (tertiary/aromatic N) is 2. The van der Waals surface area contributed by atoms with Gasteiger partial charge in [0.1, 0.15) is 0 Å². The van der Waals surface area contributed by atoms with Gasteiger partial charge >= 0.3 is 0 Å². The van der Waals surface area contributed by atoms with E-state index in [2.05, 4.69) is 31.4 Å². The normalized spacial score (nSPS) is 19.3. The highest BCUT2D eigenvalue weighted by atomic mass is 79.9. The van der Waals surface area contributed by atoms with Crippen molar-refractivity contribution in [3.8, 4) is 11.4 Å². The van der Waals surface area contributed by atoms with E-state index in [0.29, 0.717) is 22.7 Å². The summed E-state index contributed by atoms with van der Waals surface area (Å²) in [5, 5.41) is 7.98. The lowest BCUT2D eigenvalue weighted by molar-refractivity contribution is 0.359. The van der Waals surface area contributed by atoms with Crippen LogP contribution in [0.3, 0.4) is 0 Å². The van der Waals surface area contributed by atoms with Crippen molar-refractivity contribution < 1.29 is 4.52 Å². The lowest BCUT2D eigenvalue weighted by Crippen LogP contribution is -2.08. The van der Waals surface area contributed by atoms with Gasteiger partial charge in [-0.2, -0.15) is 4.98 Å². The topological polar surface area (TPSA) is 51.0 Å². The Morgan fingerprint density at radius 2 is 2.33 bits per heavy atom. The zero-order chi connectivity index (χ0) is 12.5. The van der Waals surface area contributed by atoms with Crippen molar-refractivity contribution in [2.45, 2.75) is 12.3 Å². The van der Waals surface area contributed by atoms with Crippen LogP contribution in [-0.2, 0) is 0 Å². The van der Waals surface area contributed by atoms with Crippen molar-refractivity contribution in [1.82, 2.24) is 15.5 Å². The quantitative estimate of drug-likeness (QED) is 0.919. The van der Waals surface area contributed by atoms with E-state index in [1.54, 1.807) is 0 Å². The molecule has 1 aliphatic heterocycles. The average molecular weight is 329 g/mol. The van der Waals surface area contributed by atoms with Crippen LogP contribution in [0.5, 0.6) is 0 Å². The van der Waals surface area contributed by atoms with E-state index in [0.717, 1.165) is 29.5 Å². The zero-order valence-electron chi connectivity index (χ0n) is 9.49. The molecular weight excluding hydrogens is 318 g/mol. The number of aromatic nitrogens is 2. The van der Waals surface area contributed by atoms with Crippen LogP contribution >= 0.6 is 27.5 Å². The average Bonchev–Trinajstić information content (AvgIpc) is 3.01. The third-order valence-corrected chi connectivity index (χ3v) is 4.24. The SMILES string of the molecule is Clc1ccc(-c2noc(C3CCNC3)n2)cc1Br. The van der Waals surface area contributed by atoms with Gasteiger partial charge in [0.05, 0.1) is 10.9 Å². The van der Waals surface area contributed by atoms with Gasteiger partial charge in [0.2, 0.25) is 11.7 Å². The molecule has 6 heteroatoms. The molecule has 0 radical (unpaired) electrons. The number of hydrogen-bond donors (Lipinski definition) is 1. The molecular formula is C12H11BrClN3O. The van der Waals surface area contributed by atoms with E-state index in [-0.39, 0.29) is 0 Å². The first kappa shape index (κ1) is 12.1. The fraction of sp³-hybridized carbons (Fsp3) is 0.333. The molecule has 1 aromatic carbocycles. The summed E-state index contributed by atoms with van der Waals surface area (Å²) in [6.07, 6.45) is 1.05. The zero-order valence-corrected chi connectivity index (χ0v) is 11.8. The molecule has 2 aromatic rings. The molecule has 2 heterocycles.